The number of rotatable bonds is 0. The number of hydrogen-bond donors (Lipinski definition) is 0. The summed E-state index contributed by atoms with van der Waals surface area (Å²) in [6.45, 7) is 0. The van der Waals surface area contributed by atoms with E-state index in [1.807, 2.05) is 0 Å². The van der Waals surface area contributed by atoms with Crippen LogP contribution in [0, 0.1) is 12.1 Å². The van der Waals surface area contributed by atoms with Crippen LogP contribution in [0.15, 0.2) is 36.4 Å². The van der Waals surface area contributed by atoms with Crippen molar-refractivity contribution in [2.24, 2.45) is 0 Å². The summed E-state index contributed by atoms with van der Waals surface area (Å²) in [5.41, 5.74) is 2.15. The first-order valence-corrected chi connectivity index (χ1v) is 6.71. The zero-order chi connectivity index (χ0) is 15.7. The molecule has 0 saturated carbocycles. The van der Waals surface area contributed by atoms with Gasteiger partial charge in [-0.05, 0) is 0 Å². The van der Waals surface area contributed by atoms with E-state index in [-0.39, 0.29) is 68.7 Å². The molecular formula is C18H10O4Y-2. The van der Waals surface area contributed by atoms with Crippen LogP contribution in [0.3, 0.4) is 0 Å². The molecule has 0 spiro atoms. The second kappa shape index (κ2) is 7.20. The molecule has 23 heavy (non-hydrogen) atoms. The zero-order valence-electron chi connectivity index (χ0n) is 12.1. The molecule has 0 bridgehead atoms. The van der Waals surface area contributed by atoms with Gasteiger partial charge in [-0.15, -0.1) is 0 Å². The summed E-state index contributed by atoms with van der Waals surface area (Å²) in [5.74, 6) is -0.304. The molecule has 0 aromatic heterocycles. The Bertz CT molecular complexity index is 688. The van der Waals surface area contributed by atoms with Gasteiger partial charge in [0.2, 0.25) is 0 Å². The Balaban J connectivity index is 0.000000160. The first-order valence-electron chi connectivity index (χ1n) is 6.71. The number of carbonyl (C=O) groups excluding carboxylic acids is 4. The summed E-state index contributed by atoms with van der Waals surface area (Å²) < 4.78 is 0. The van der Waals surface area contributed by atoms with Gasteiger partial charge in [0.05, 0.1) is 12.8 Å². The van der Waals surface area contributed by atoms with Crippen molar-refractivity contribution < 1.29 is 51.9 Å². The van der Waals surface area contributed by atoms with Gasteiger partial charge in [0.1, 0.15) is 23.1 Å². The summed E-state index contributed by atoms with van der Waals surface area (Å²) in [6.07, 6.45) is 0.0698. The van der Waals surface area contributed by atoms with E-state index in [0.29, 0.717) is 22.3 Å². The molecule has 4 nitrogen and oxygen atoms in total. The molecule has 0 unspecified atom stereocenters. The predicted molar refractivity (Wildman–Crippen MR) is 77.1 cm³/mol. The third-order valence-corrected chi connectivity index (χ3v) is 3.57. The van der Waals surface area contributed by atoms with Gasteiger partial charge in [0.25, 0.3) is 0 Å². The maximum absolute atomic E-state index is 11.0. The number of Topliss-reactive ketones (excluding diaryl/α,β-unsaturated/α-hetero) is 4. The van der Waals surface area contributed by atoms with Gasteiger partial charge in [-0.1, -0.05) is 22.3 Å². The van der Waals surface area contributed by atoms with E-state index in [1.165, 1.54) is 0 Å². The monoisotopic (exact) mass is 379 g/mol. The van der Waals surface area contributed by atoms with Gasteiger partial charge in [-0.25, -0.2) is 0 Å². The van der Waals surface area contributed by atoms with Crippen LogP contribution in [0.1, 0.15) is 54.3 Å². The molecule has 5 heteroatoms. The molecule has 2 aromatic rings. The van der Waals surface area contributed by atoms with Crippen LogP contribution in [-0.4, -0.2) is 23.1 Å². The Morgan fingerprint density at radius 1 is 0.609 bits per heavy atom. The number of fused-ring (bicyclic) bond motifs is 2. The van der Waals surface area contributed by atoms with E-state index >= 15 is 0 Å². The molecular weight excluding hydrogens is 369 g/mol. The molecule has 2 aliphatic carbocycles. The molecule has 4 rings (SSSR count). The van der Waals surface area contributed by atoms with Crippen LogP contribution in [0.2, 0.25) is 0 Å². The fourth-order valence-corrected chi connectivity index (χ4v) is 2.48. The Morgan fingerprint density at radius 2 is 0.957 bits per heavy atom. The van der Waals surface area contributed by atoms with E-state index in [1.54, 1.807) is 36.4 Å². The summed E-state index contributed by atoms with van der Waals surface area (Å²) in [6, 6.07) is 15.3. The Kier molecular flexibility index (Phi) is 5.50. The van der Waals surface area contributed by atoms with Crippen molar-refractivity contribution in [1.29, 1.82) is 0 Å². The smallest absolute Gasteiger partial charge is 0.146 e. The van der Waals surface area contributed by atoms with Gasteiger partial charge in [0, 0.05) is 32.7 Å². The van der Waals surface area contributed by atoms with Crippen molar-refractivity contribution in [3.63, 3.8) is 0 Å². The van der Waals surface area contributed by atoms with Crippen molar-refractivity contribution in [3.05, 3.63) is 70.8 Å². The van der Waals surface area contributed by atoms with Crippen LogP contribution >= 0.6 is 0 Å². The minimum absolute atomic E-state index is 0. The average Bonchev–Trinajstić information content (AvgIpc) is 2.99. The van der Waals surface area contributed by atoms with Crippen LogP contribution in [0.4, 0.5) is 0 Å². The van der Waals surface area contributed by atoms with Gasteiger partial charge in [0.15, 0.2) is 0 Å². The molecule has 0 saturated heterocycles. The van der Waals surface area contributed by atoms with Gasteiger partial charge in [-0.2, -0.15) is 48.5 Å². The first kappa shape index (κ1) is 17.6. The van der Waals surface area contributed by atoms with Crippen LogP contribution in [0.5, 0.6) is 0 Å². The largest absolute Gasteiger partial charge is 0.308 e. The molecule has 0 fully saturated rings. The molecule has 0 heterocycles. The summed E-state index contributed by atoms with van der Waals surface area (Å²) in [5, 5.41) is 0. The molecule has 2 aromatic carbocycles. The summed E-state index contributed by atoms with van der Waals surface area (Å²) in [4.78, 5) is 44.2. The van der Waals surface area contributed by atoms with Crippen LogP contribution < -0.4 is 0 Å². The molecule has 0 N–H and O–H groups in total. The normalized spacial score (nSPS) is 14.6. The standard InChI is InChI=1S/2C9H5O2.Y/c2*10-8-5-9(11)7-4-2-1-3-6(7)8;/h2*1,3-4H,5H2;/q2*-1;. The maximum Gasteiger partial charge on any atom is 0.146 e. The maximum atomic E-state index is 11.0. The second-order valence-electron chi connectivity index (χ2n) is 4.99. The Labute approximate surface area is 158 Å². The van der Waals surface area contributed by atoms with E-state index in [4.69, 9.17) is 0 Å². The van der Waals surface area contributed by atoms with Crippen molar-refractivity contribution in [2.45, 2.75) is 12.8 Å². The molecule has 1 radical (unpaired) electrons. The number of ketones is 4. The molecule has 0 amide bonds. The number of carbonyl (C=O) groups is 4. The number of hydrogen-bond acceptors (Lipinski definition) is 4. The van der Waals surface area contributed by atoms with E-state index in [0.717, 1.165) is 0 Å². The van der Waals surface area contributed by atoms with Crippen LogP contribution in [0.25, 0.3) is 0 Å². The SMILES string of the molecule is O=C1CC(=O)c2cc[c-]cc21.O=C1CC(=O)c2cc[c-]cc21.[Y]. The van der Waals surface area contributed by atoms with E-state index < -0.39 is 0 Å². The minimum Gasteiger partial charge on any atom is -0.308 e. The topological polar surface area (TPSA) is 68.3 Å². The third-order valence-electron chi connectivity index (χ3n) is 3.57. The Hall–Kier alpha value is -1.78. The van der Waals surface area contributed by atoms with Crippen molar-refractivity contribution in [1.82, 2.24) is 0 Å². The van der Waals surface area contributed by atoms with Crippen LogP contribution in [-0.2, 0) is 32.7 Å². The number of benzene rings is 2. The third kappa shape index (κ3) is 3.43. The quantitative estimate of drug-likeness (QED) is 0.521. The van der Waals surface area contributed by atoms with E-state index in [9.17, 15) is 19.2 Å². The minimum atomic E-state index is -0.0816. The predicted octanol–water partition coefficient (Wildman–Crippen LogP) is 2.51. The van der Waals surface area contributed by atoms with Gasteiger partial charge in [-0.3, -0.25) is 9.59 Å². The average molecular weight is 379 g/mol. The van der Waals surface area contributed by atoms with Crippen molar-refractivity contribution in [3.8, 4) is 0 Å². The fourth-order valence-electron chi connectivity index (χ4n) is 2.48. The fraction of sp³-hybridized carbons (Fsp3) is 0.111. The summed E-state index contributed by atoms with van der Waals surface area (Å²) in [7, 11) is 0. The summed E-state index contributed by atoms with van der Waals surface area (Å²) >= 11 is 0. The van der Waals surface area contributed by atoms with Gasteiger partial charge < -0.3 is 9.59 Å². The van der Waals surface area contributed by atoms with Crippen molar-refractivity contribution in [2.75, 3.05) is 0 Å². The van der Waals surface area contributed by atoms with Crippen molar-refractivity contribution >= 4 is 23.1 Å². The van der Waals surface area contributed by atoms with Gasteiger partial charge >= 0.3 is 0 Å². The first-order chi connectivity index (χ1) is 10.6. The molecule has 2 aliphatic rings. The van der Waals surface area contributed by atoms with E-state index in [2.05, 4.69) is 12.1 Å². The second-order valence-corrected chi connectivity index (χ2v) is 4.99. The molecule has 0 atom stereocenters. The molecule has 111 valence electrons. The molecule has 0 aliphatic heterocycles. The Morgan fingerprint density at radius 3 is 1.30 bits per heavy atom. The zero-order valence-corrected chi connectivity index (χ0v) is 14.9.